The van der Waals surface area contributed by atoms with Gasteiger partial charge in [-0.3, -0.25) is 0 Å². The lowest BCUT2D eigenvalue weighted by molar-refractivity contribution is 0.361. The van der Waals surface area contributed by atoms with Crippen molar-refractivity contribution in [3.8, 4) is 0 Å². The first-order chi connectivity index (χ1) is 7.00. The third-order valence-electron chi connectivity index (χ3n) is 1.34. The Bertz CT molecular complexity index is 428. The molecule has 0 spiro atoms. The average molecular weight is 241 g/mol. The van der Waals surface area contributed by atoms with Crippen molar-refractivity contribution in [2.24, 2.45) is 4.40 Å². The van der Waals surface area contributed by atoms with Gasteiger partial charge >= 0.3 is 0 Å². The van der Waals surface area contributed by atoms with Crippen LogP contribution in [-0.2, 0) is 4.79 Å². The highest BCUT2D eigenvalue weighted by atomic mass is 32.2. The molecule has 8 heteroatoms. The molecule has 80 valence electrons. The first-order valence-corrected chi connectivity index (χ1v) is 4.03. The summed E-state index contributed by atoms with van der Waals surface area (Å²) in [6.45, 7) is 0. The van der Waals surface area contributed by atoms with Crippen LogP contribution < -0.4 is 0 Å². The van der Waals surface area contributed by atoms with Crippen LogP contribution in [0.2, 0.25) is 0 Å². The molecule has 1 aromatic carbocycles. The molecule has 0 unspecified atom stereocenters. The number of hydrogen-bond donors (Lipinski definition) is 0. The van der Waals surface area contributed by atoms with Gasteiger partial charge < -0.3 is 0 Å². The van der Waals surface area contributed by atoms with Gasteiger partial charge in [0, 0.05) is 11.9 Å². The third-order valence-corrected chi connectivity index (χ3v) is 2.05. The Labute approximate surface area is 83.9 Å². The summed E-state index contributed by atoms with van der Waals surface area (Å²) in [4.78, 5) is 8.38. The van der Waals surface area contributed by atoms with Crippen molar-refractivity contribution in [1.29, 1.82) is 0 Å². The number of benzene rings is 1. The van der Waals surface area contributed by atoms with Gasteiger partial charge in [-0.1, -0.05) is 0 Å². The summed E-state index contributed by atoms with van der Waals surface area (Å²) in [5.74, 6) is -10.5. The van der Waals surface area contributed by atoms with Crippen LogP contribution in [0.1, 0.15) is 0 Å². The minimum atomic E-state index is -2.26. The number of rotatable bonds is 2. The Kier molecular flexibility index (Phi) is 3.43. The van der Waals surface area contributed by atoms with E-state index in [0.29, 0.717) is 0 Å². The smallest absolute Gasteiger partial charge is 0.210 e. The van der Waals surface area contributed by atoms with Gasteiger partial charge in [-0.15, -0.1) is 4.40 Å². The molecule has 1 rings (SSSR count). The molecule has 0 saturated carbocycles. The molecule has 0 aliphatic carbocycles. The first kappa shape index (κ1) is 11.7. The largest absolute Gasteiger partial charge is 0.247 e. The van der Waals surface area contributed by atoms with E-state index < -0.39 is 34.0 Å². The molecule has 0 aliphatic heterocycles. The Morgan fingerprint density at radius 1 is 0.867 bits per heavy atom. The second kappa shape index (κ2) is 4.41. The Morgan fingerprint density at radius 3 is 1.67 bits per heavy atom. The number of halogens is 5. The summed E-state index contributed by atoms with van der Waals surface area (Å²) in [5, 5.41) is 0. The van der Waals surface area contributed by atoms with E-state index in [1.807, 2.05) is 0 Å². The van der Waals surface area contributed by atoms with Gasteiger partial charge in [-0.05, 0) is 0 Å². The highest BCUT2D eigenvalue weighted by Gasteiger charge is 2.26. The molecule has 2 nitrogen and oxygen atoms in total. The van der Waals surface area contributed by atoms with Gasteiger partial charge in [0.05, 0.1) is 0 Å². The van der Waals surface area contributed by atoms with E-state index in [0.717, 1.165) is 6.08 Å². The molecular weight excluding hydrogens is 241 g/mol. The molecular formula is C7F5NOS. The maximum atomic E-state index is 12.8. The standard InChI is InChI=1S/C7F5NOS/c8-2-3(9)5(11)7(15-13-1-14)6(12)4(2)10. The summed E-state index contributed by atoms with van der Waals surface area (Å²) >= 11 is -0.185. The van der Waals surface area contributed by atoms with E-state index in [1.54, 1.807) is 0 Å². The molecule has 0 amide bonds. The number of carbonyl (C=O) groups excluding carboxylic acids is 1. The summed E-state index contributed by atoms with van der Waals surface area (Å²) in [6, 6.07) is 0. The first-order valence-electron chi connectivity index (χ1n) is 3.26. The second-order valence-corrected chi connectivity index (χ2v) is 2.95. The van der Waals surface area contributed by atoms with Crippen LogP contribution in [0.3, 0.4) is 0 Å². The highest BCUT2D eigenvalue weighted by molar-refractivity contribution is 7.98. The summed E-state index contributed by atoms with van der Waals surface area (Å²) in [6.07, 6.45) is 0.890. The SMILES string of the molecule is O=C=NSc1c(F)c(F)c(F)c(F)c1F. The van der Waals surface area contributed by atoms with Crippen LogP contribution in [0.4, 0.5) is 22.0 Å². The fraction of sp³-hybridized carbons (Fsp3) is 0. The van der Waals surface area contributed by atoms with Crippen molar-refractivity contribution >= 4 is 18.0 Å². The van der Waals surface area contributed by atoms with E-state index in [1.165, 1.54) is 0 Å². The van der Waals surface area contributed by atoms with E-state index in [-0.39, 0.29) is 11.9 Å². The summed E-state index contributed by atoms with van der Waals surface area (Å²) in [5.41, 5.74) is 0. The van der Waals surface area contributed by atoms with Crippen LogP contribution in [-0.4, -0.2) is 6.08 Å². The van der Waals surface area contributed by atoms with Gasteiger partial charge in [-0.25, -0.2) is 26.7 Å². The van der Waals surface area contributed by atoms with Crippen LogP contribution >= 0.6 is 11.9 Å². The van der Waals surface area contributed by atoms with Crippen molar-refractivity contribution in [1.82, 2.24) is 0 Å². The molecule has 0 heterocycles. The quantitative estimate of drug-likeness (QED) is 0.199. The minimum absolute atomic E-state index is 0.185. The Morgan fingerprint density at radius 2 is 1.27 bits per heavy atom. The van der Waals surface area contributed by atoms with Crippen LogP contribution in [0.25, 0.3) is 0 Å². The van der Waals surface area contributed by atoms with Crippen molar-refractivity contribution < 1.29 is 26.7 Å². The molecule has 0 saturated heterocycles. The minimum Gasteiger partial charge on any atom is -0.210 e. The lowest BCUT2D eigenvalue weighted by atomic mass is 10.3. The van der Waals surface area contributed by atoms with E-state index in [9.17, 15) is 26.7 Å². The fourth-order valence-corrected chi connectivity index (χ4v) is 1.20. The Balaban J connectivity index is 3.44. The molecule has 0 N–H and O–H groups in total. The van der Waals surface area contributed by atoms with E-state index in [2.05, 4.69) is 4.40 Å². The fourth-order valence-electron chi connectivity index (χ4n) is 0.729. The normalized spacial score (nSPS) is 9.93. The Hall–Kier alpha value is -1.40. The predicted octanol–water partition coefficient (Wildman–Crippen LogP) is 2.72. The van der Waals surface area contributed by atoms with Crippen molar-refractivity contribution in [2.45, 2.75) is 4.90 Å². The molecule has 0 aromatic heterocycles. The number of nitrogens with zero attached hydrogens (tertiary/aromatic N) is 1. The van der Waals surface area contributed by atoms with Crippen molar-refractivity contribution in [3.05, 3.63) is 29.1 Å². The van der Waals surface area contributed by atoms with Gasteiger partial charge in [0.1, 0.15) is 4.90 Å². The van der Waals surface area contributed by atoms with Gasteiger partial charge in [0.2, 0.25) is 11.9 Å². The van der Waals surface area contributed by atoms with Crippen LogP contribution in [0, 0.1) is 29.1 Å². The zero-order chi connectivity index (χ0) is 11.6. The number of isocyanates is 1. The molecule has 15 heavy (non-hydrogen) atoms. The van der Waals surface area contributed by atoms with Gasteiger partial charge in [-0.2, -0.15) is 0 Å². The average Bonchev–Trinajstić information content (AvgIpc) is 2.24. The van der Waals surface area contributed by atoms with E-state index >= 15 is 0 Å². The molecule has 0 bridgehead atoms. The van der Waals surface area contributed by atoms with Gasteiger partial charge in [0.15, 0.2) is 23.3 Å². The number of hydrogen-bond acceptors (Lipinski definition) is 3. The molecule has 0 atom stereocenters. The molecule has 0 fully saturated rings. The van der Waals surface area contributed by atoms with Crippen molar-refractivity contribution in [2.75, 3.05) is 0 Å². The predicted molar refractivity (Wildman–Crippen MR) is 40.2 cm³/mol. The monoisotopic (exact) mass is 241 g/mol. The van der Waals surface area contributed by atoms with Crippen LogP contribution in [0.5, 0.6) is 0 Å². The molecule has 1 aromatic rings. The zero-order valence-corrected chi connectivity index (χ0v) is 7.47. The lowest BCUT2D eigenvalue weighted by Crippen LogP contribution is -2.02. The lowest BCUT2D eigenvalue weighted by Gasteiger charge is -2.03. The zero-order valence-electron chi connectivity index (χ0n) is 6.65. The molecule has 0 radical (unpaired) electrons. The topological polar surface area (TPSA) is 29.4 Å². The molecule has 0 aliphatic rings. The maximum absolute atomic E-state index is 12.8. The van der Waals surface area contributed by atoms with E-state index in [4.69, 9.17) is 0 Å². The second-order valence-electron chi connectivity index (χ2n) is 2.17. The van der Waals surface area contributed by atoms with Crippen LogP contribution in [0.15, 0.2) is 9.29 Å². The summed E-state index contributed by atoms with van der Waals surface area (Å²) in [7, 11) is 0. The summed E-state index contributed by atoms with van der Waals surface area (Å²) < 4.78 is 65.7. The maximum Gasteiger partial charge on any atom is 0.247 e. The van der Waals surface area contributed by atoms with Crippen molar-refractivity contribution in [3.63, 3.8) is 0 Å². The highest BCUT2D eigenvalue weighted by Crippen LogP contribution is 2.30. The third kappa shape index (κ3) is 2.00. The van der Waals surface area contributed by atoms with Gasteiger partial charge in [0.25, 0.3) is 0 Å².